The van der Waals surface area contributed by atoms with Gasteiger partial charge >= 0.3 is 0 Å². The zero-order chi connectivity index (χ0) is 29.3. The van der Waals surface area contributed by atoms with Gasteiger partial charge in [0, 0.05) is 46.0 Å². The molecular formula is C38H32N2OS2. The molecule has 3 nitrogen and oxygen atoms in total. The van der Waals surface area contributed by atoms with E-state index in [1.54, 1.807) is 11.3 Å². The van der Waals surface area contributed by atoms with E-state index in [-0.39, 0.29) is 5.91 Å². The monoisotopic (exact) mass is 596 g/mol. The van der Waals surface area contributed by atoms with Crippen LogP contribution in [0.4, 0.5) is 0 Å². The second-order valence-corrected chi connectivity index (χ2v) is 12.2. The standard InChI is InChI=1S/C19H17NOS.C19H15NS/c21-19(20-13-12-18-7-4-14-22-18)17-10-8-16(9-11-17)15-5-2-1-3-6-15;1-2-4-14(5-3-1)15-6-8-16(9-7-15)19-17-11-13-21-18(17)10-12-20-19/h1-11,14H,12-13H2,(H,20,21);1-9,11,13H,10,12H2. The van der Waals surface area contributed by atoms with Gasteiger partial charge in [-0.05, 0) is 63.7 Å². The molecule has 212 valence electrons. The van der Waals surface area contributed by atoms with Crippen LogP contribution in [0.15, 0.2) is 143 Å². The maximum Gasteiger partial charge on any atom is 0.251 e. The first kappa shape index (κ1) is 28.5. The zero-order valence-electron chi connectivity index (χ0n) is 23.8. The molecule has 3 heterocycles. The van der Waals surface area contributed by atoms with Crippen molar-refractivity contribution >= 4 is 34.3 Å². The Balaban J connectivity index is 0.000000153. The normalized spacial score (nSPS) is 12.0. The number of thiophene rings is 2. The smallest absolute Gasteiger partial charge is 0.251 e. The lowest BCUT2D eigenvalue weighted by molar-refractivity contribution is 0.0954. The van der Waals surface area contributed by atoms with Crippen LogP contribution in [0.1, 0.15) is 31.2 Å². The molecule has 1 aliphatic rings. The van der Waals surface area contributed by atoms with E-state index in [9.17, 15) is 4.79 Å². The zero-order valence-corrected chi connectivity index (χ0v) is 25.4. The maximum absolute atomic E-state index is 12.1. The first-order valence-electron chi connectivity index (χ1n) is 14.5. The van der Waals surface area contributed by atoms with E-state index in [1.165, 1.54) is 32.0 Å². The number of carbonyl (C=O) groups excluding carboxylic acids is 1. The number of carbonyl (C=O) groups is 1. The van der Waals surface area contributed by atoms with Crippen molar-refractivity contribution in [2.24, 2.45) is 4.99 Å². The Hall–Kier alpha value is -4.58. The van der Waals surface area contributed by atoms with Crippen LogP contribution in [-0.2, 0) is 12.8 Å². The van der Waals surface area contributed by atoms with Gasteiger partial charge in [0.25, 0.3) is 5.91 Å². The van der Waals surface area contributed by atoms with Gasteiger partial charge in [-0.3, -0.25) is 9.79 Å². The molecular weight excluding hydrogens is 565 g/mol. The largest absolute Gasteiger partial charge is 0.352 e. The van der Waals surface area contributed by atoms with Gasteiger partial charge in [0.1, 0.15) is 0 Å². The summed E-state index contributed by atoms with van der Waals surface area (Å²) < 4.78 is 0. The molecule has 0 radical (unpaired) electrons. The Morgan fingerprint density at radius 2 is 1.23 bits per heavy atom. The van der Waals surface area contributed by atoms with Crippen molar-refractivity contribution in [1.82, 2.24) is 5.32 Å². The number of benzene rings is 4. The van der Waals surface area contributed by atoms with Crippen LogP contribution in [-0.4, -0.2) is 24.7 Å². The van der Waals surface area contributed by atoms with E-state index in [2.05, 4.69) is 88.9 Å². The Kier molecular flexibility index (Phi) is 9.33. The van der Waals surface area contributed by atoms with Crippen molar-refractivity contribution < 1.29 is 4.79 Å². The van der Waals surface area contributed by atoms with Gasteiger partial charge in [0.2, 0.25) is 0 Å². The van der Waals surface area contributed by atoms with E-state index in [0.29, 0.717) is 12.1 Å². The summed E-state index contributed by atoms with van der Waals surface area (Å²) >= 11 is 3.56. The molecule has 0 atom stereocenters. The highest BCUT2D eigenvalue weighted by Gasteiger charge is 2.16. The first-order chi connectivity index (χ1) is 21.2. The predicted molar refractivity (Wildman–Crippen MR) is 183 cm³/mol. The number of aliphatic imine (C=N–C) groups is 1. The molecule has 2 aromatic heterocycles. The minimum atomic E-state index is -0.0174. The quantitative estimate of drug-likeness (QED) is 0.196. The lowest BCUT2D eigenvalue weighted by Crippen LogP contribution is -2.25. The molecule has 0 unspecified atom stereocenters. The SMILES string of the molecule is O=C(NCCc1cccs1)c1ccc(-c2ccccc2)cc1.c1ccc(-c2ccc(C3=NCCc4sccc43)cc2)cc1. The van der Waals surface area contributed by atoms with Gasteiger partial charge in [0.05, 0.1) is 5.71 Å². The number of nitrogens with zero attached hydrogens (tertiary/aromatic N) is 1. The van der Waals surface area contributed by atoms with Crippen molar-refractivity contribution in [2.75, 3.05) is 13.1 Å². The highest BCUT2D eigenvalue weighted by atomic mass is 32.1. The molecule has 0 fully saturated rings. The van der Waals surface area contributed by atoms with Crippen LogP contribution in [0, 0.1) is 0 Å². The second kappa shape index (κ2) is 14.1. The Bertz CT molecular complexity index is 1770. The highest BCUT2D eigenvalue weighted by Crippen LogP contribution is 2.27. The number of hydrogen-bond acceptors (Lipinski definition) is 4. The van der Waals surface area contributed by atoms with Crippen LogP contribution in [0.3, 0.4) is 0 Å². The third-order valence-electron chi connectivity index (χ3n) is 7.37. The fourth-order valence-corrected chi connectivity index (χ4v) is 6.68. The van der Waals surface area contributed by atoms with Gasteiger partial charge < -0.3 is 5.32 Å². The van der Waals surface area contributed by atoms with Crippen LogP contribution in [0.25, 0.3) is 22.3 Å². The second-order valence-electron chi connectivity index (χ2n) is 10.2. The average molecular weight is 597 g/mol. The summed E-state index contributed by atoms with van der Waals surface area (Å²) in [6.07, 6.45) is 1.96. The van der Waals surface area contributed by atoms with Gasteiger partial charge in [-0.2, -0.15) is 0 Å². The lowest BCUT2D eigenvalue weighted by atomic mass is 9.97. The summed E-state index contributed by atoms with van der Waals surface area (Å²) in [6.45, 7) is 1.57. The third-order valence-corrected chi connectivity index (χ3v) is 9.28. The maximum atomic E-state index is 12.1. The van der Waals surface area contributed by atoms with Gasteiger partial charge in [-0.15, -0.1) is 22.7 Å². The fourth-order valence-electron chi connectivity index (χ4n) is 5.10. The van der Waals surface area contributed by atoms with E-state index in [4.69, 9.17) is 4.99 Å². The molecule has 0 spiro atoms. The third kappa shape index (κ3) is 7.26. The van der Waals surface area contributed by atoms with Gasteiger partial charge in [-0.25, -0.2) is 0 Å². The molecule has 0 saturated heterocycles. The highest BCUT2D eigenvalue weighted by molar-refractivity contribution is 7.10. The van der Waals surface area contributed by atoms with Crippen molar-refractivity contribution in [3.63, 3.8) is 0 Å². The van der Waals surface area contributed by atoms with E-state index in [0.717, 1.165) is 36.2 Å². The summed E-state index contributed by atoms with van der Waals surface area (Å²) in [4.78, 5) is 19.6. The molecule has 43 heavy (non-hydrogen) atoms. The summed E-state index contributed by atoms with van der Waals surface area (Å²) in [7, 11) is 0. The molecule has 1 N–H and O–H groups in total. The molecule has 1 aliphatic heterocycles. The molecule has 1 amide bonds. The number of nitrogens with one attached hydrogen (secondary N) is 1. The van der Waals surface area contributed by atoms with Crippen LogP contribution in [0.2, 0.25) is 0 Å². The lowest BCUT2D eigenvalue weighted by Gasteiger charge is -2.13. The summed E-state index contributed by atoms with van der Waals surface area (Å²) in [5.41, 5.74) is 9.17. The first-order valence-corrected chi connectivity index (χ1v) is 16.2. The average Bonchev–Trinajstić information content (AvgIpc) is 3.79. The van der Waals surface area contributed by atoms with Crippen molar-refractivity contribution in [2.45, 2.75) is 12.8 Å². The molecule has 6 aromatic rings. The van der Waals surface area contributed by atoms with Crippen LogP contribution in [0.5, 0.6) is 0 Å². The number of amides is 1. The molecule has 4 aromatic carbocycles. The summed E-state index contributed by atoms with van der Waals surface area (Å²) in [6, 6.07) is 43.5. The Morgan fingerprint density at radius 3 is 1.86 bits per heavy atom. The van der Waals surface area contributed by atoms with Crippen molar-refractivity contribution in [3.05, 3.63) is 165 Å². The molecule has 7 rings (SSSR count). The van der Waals surface area contributed by atoms with Crippen molar-refractivity contribution in [3.8, 4) is 22.3 Å². The Morgan fingerprint density at radius 1 is 0.628 bits per heavy atom. The minimum absolute atomic E-state index is 0.0174. The summed E-state index contributed by atoms with van der Waals surface area (Å²) in [5.74, 6) is -0.0174. The predicted octanol–water partition coefficient (Wildman–Crippen LogP) is 9.20. The summed E-state index contributed by atoms with van der Waals surface area (Å²) in [5, 5.41) is 7.19. The van der Waals surface area contributed by atoms with E-state index >= 15 is 0 Å². The minimum Gasteiger partial charge on any atom is -0.352 e. The van der Waals surface area contributed by atoms with Crippen LogP contribution >= 0.6 is 22.7 Å². The van der Waals surface area contributed by atoms with Gasteiger partial charge in [-0.1, -0.05) is 103 Å². The number of rotatable bonds is 7. The molecule has 5 heteroatoms. The topological polar surface area (TPSA) is 41.5 Å². The van der Waals surface area contributed by atoms with Gasteiger partial charge in [0.15, 0.2) is 0 Å². The fraction of sp³-hybridized carbons (Fsp3) is 0.105. The Labute approximate surface area is 261 Å². The van der Waals surface area contributed by atoms with E-state index in [1.807, 2.05) is 65.9 Å². The molecule has 0 saturated carbocycles. The van der Waals surface area contributed by atoms with E-state index < -0.39 is 0 Å². The number of hydrogen-bond donors (Lipinski definition) is 1. The molecule has 0 aliphatic carbocycles. The molecule has 0 bridgehead atoms. The van der Waals surface area contributed by atoms with Crippen LogP contribution < -0.4 is 5.32 Å². The number of fused-ring (bicyclic) bond motifs is 1. The van der Waals surface area contributed by atoms with Crippen molar-refractivity contribution in [1.29, 1.82) is 0 Å².